The van der Waals surface area contributed by atoms with Crippen molar-refractivity contribution in [1.29, 1.82) is 0 Å². The van der Waals surface area contributed by atoms with Gasteiger partial charge in [0.25, 0.3) is 0 Å². The van der Waals surface area contributed by atoms with Crippen molar-refractivity contribution in [2.24, 2.45) is 5.41 Å². The summed E-state index contributed by atoms with van der Waals surface area (Å²) in [6, 6.07) is 0. The average Bonchev–Trinajstić information content (AvgIpc) is 1.85. The van der Waals surface area contributed by atoms with E-state index in [-0.39, 0.29) is 0 Å². The van der Waals surface area contributed by atoms with Crippen molar-refractivity contribution in [3.05, 3.63) is 23.8 Å². The molecule has 0 atom stereocenters. The Morgan fingerprint density at radius 1 is 1.27 bits per heavy atom. The van der Waals surface area contributed by atoms with Gasteiger partial charge in [-0.05, 0) is 25.7 Å². The summed E-state index contributed by atoms with van der Waals surface area (Å²) in [6.07, 6.45) is 7.71. The molecule has 0 aliphatic heterocycles. The second-order valence-corrected chi connectivity index (χ2v) is 4.20. The number of hydrogen-bond donors (Lipinski definition) is 0. The Hall–Kier alpha value is -0.520. The Morgan fingerprint density at radius 3 is 2.18 bits per heavy atom. The van der Waals surface area contributed by atoms with Crippen LogP contribution in [0, 0.1) is 5.41 Å². The maximum atomic E-state index is 2.25. The molecule has 0 rings (SSSR count). The minimum absolute atomic E-state index is 0.421. The lowest BCUT2D eigenvalue weighted by Gasteiger charge is -2.14. The lowest BCUT2D eigenvalue weighted by molar-refractivity contribution is 0.420. The van der Waals surface area contributed by atoms with E-state index in [1.165, 1.54) is 5.57 Å². The van der Waals surface area contributed by atoms with E-state index in [9.17, 15) is 0 Å². The molecule has 0 radical (unpaired) electrons. The zero-order chi connectivity index (χ0) is 8.91. The highest BCUT2D eigenvalue weighted by atomic mass is 14.1. The second kappa shape index (κ2) is 4.38. The molecule has 0 aromatic rings. The molecule has 0 amide bonds. The molecule has 0 heterocycles. The Morgan fingerprint density at radius 2 is 1.82 bits per heavy atom. The van der Waals surface area contributed by atoms with E-state index in [0.717, 1.165) is 6.42 Å². The molecule has 0 bridgehead atoms. The first-order valence-electron chi connectivity index (χ1n) is 4.25. The van der Waals surface area contributed by atoms with E-state index in [0.29, 0.717) is 5.41 Å². The molecule has 0 aromatic carbocycles. The molecule has 0 spiro atoms. The van der Waals surface area contributed by atoms with Gasteiger partial charge in [0.2, 0.25) is 0 Å². The first kappa shape index (κ1) is 10.5. The fourth-order valence-corrected chi connectivity index (χ4v) is 0.695. The van der Waals surface area contributed by atoms with Gasteiger partial charge in [0.1, 0.15) is 0 Å². The van der Waals surface area contributed by atoms with Gasteiger partial charge in [-0.1, -0.05) is 44.6 Å². The normalized spacial score (nSPS) is 14.5. The van der Waals surface area contributed by atoms with Crippen molar-refractivity contribution in [2.45, 2.75) is 41.0 Å². The summed E-state index contributed by atoms with van der Waals surface area (Å²) < 4.78 is 0. The molecule has 11 heavy (non-hydrogen) atoms. The van der Waals surface area contributed by atoms with Crippen molar-refractivity contribution in [3.8, 4) is 0 Å². The summed E-state index contributed by atoms with van der Waals surface area (Å²) in [6.45, 7) is 10.9. The summed E-state index contributed by atoms with van der Waals surface area (Å²) in [7, 11) is 0. The van der Waals surface area contributed by atoms with Crippen LogP contribution in [0.25, 0.3) is 0 Å². The van der Waals surface area contributed by atoms with Crippen LogP contribution in [-0.2, 0) is 0 Å². The van der Waals surface area contributed by atoms with Gasteiger partial charge < -0.3 is 0 Å². The van der Waals surface area contributed by atoms with Crippen molar-refractivity contribution in [3.63, 3.8) is 0 Å². The van der Waals surface area contributed by atoms with Crippen LogP contribution in [0.4, 0.5) is 0 Å². The van der Waals surface area contributed by atoms with E-state index in [4.69, 9.17) is 0 Å². The van der Waals surface area contributed by atoms with E-state index in [1.54, 1.807) is 0 Å². The smallest absolute Gasteiger partial charge is 0.0298 e. The predicted molar refractivity (Wildman–Crippen MR) is 52.6 cm³/mol. The van der Waals surface area contributed by atoms with E-state index in [2.05, 4.69) is 52.8 Å². The van der Waals surface area contributed by atoms with Gasteiger partial charge in [-0.25, -0.2) is 0 Å². The van der Waals surface area contributed by atoms with Gasteiger partial charge >= 0.3 is 0 Å². The van der Waals surface area contributed by atoms with Gasteiger partial charge in [-0.2, -0.15) is 0 Å². The minimum Gasteiger partial charge on any atom is -0.0847 e. The average molecular weight is 152 g/mol. The predicted octanol–water partition coefficient (Wildman–Crippen LogP) is 3.95. The Labute approximate surface area is 71.0 Å². The molecule has 0 N–H and O–H groups in total. The van der Waals surface area contributed by atoms with Crippen LogP contribution in [0.3, 0.4) is 0 Å². The third-order valence-electron chi connectivity index (χ3n) is 1.57. The molecule has 0 unspecified atom stereocenters. The zero-order valence-corrected chi connectivity index (χ0v) is 8.44. The summed E-state index contributed by atoms with van der Waals surface area (Å²) in [4.78, 5) is 0. The summed E-state index contributed by atoms with van der Waals surface area (Å²) >= 11 is 0. The third-order valence-corrected chi connectivity index (χ3v) is 1.57. The molecular formula is C11H20. The second-order valence-electron chi connectivity index (χ2n) is 4.20. The molecule has 0 saturated heterocycles. The van der Waals surface area contributed by atoms with Gasteiger partial charge in [-0.3, -0.25) is 0 Å². The zero-order valence-electron chi connectivity index (χ0n) is 8.44. The lowest BCUT2D eigenvalue weighted by Crippen LogP contribution is -2.01. The highest BCUT2D eigenvalue weighted by Crippen LogP contribution is 2.18. The molecule has 0 aliphatic carbocycles. The van der Waals surface area contributed by atoms with Crippen molar-refractivity contribution < 1.29 is 0 Å². The number of allylic oxidation sites excluding steroid dienone is 4. The highest BCUT2D eigenvalue weighted by molar-refractivity contribution is 5.14. The van der Waals surface area contributed by atoms with E-state index >= 15 is 0 Å². The standard InChI is InChI=1S/C11H20/c1-6-10(2)8-7-9-11(3,4)5/h6-8H,9H2,1-5H3/b8-7+,10-6+. The Kier molecular flexibility index (Phi) is 4.17. The monoisotopic (exact) mass is 152 g/mol. The van der Waals surface area contributed by atoms with Gasteiger partial charge in [0, 0.05) is 0 Å². The highest BCUT2D eigenvalue weighted by Gasteiger charge is 2.05. The largest absolute Gasteiger partial charge is 0.0847 e. The first-order chi connectivity index (χ1) is 4.95. The van der Waals surface area contributed by atoms with E-state index in [1.807, 2.05) is 0 Å². The van der Waals surface area contributed by atoms with Gasteiger partial charge in [-0.15, -0.1) is 0 Å². The summed E-state index contributed by atoms with van der Waals surface area (Å²) in [5.41, 5.74) is 1.76. The maximum Gasteiger partial charge on any atom is -0.0298 e. The van der Waals surface area contributed by atoms with Crippen molar-refractivity contribution in [1.82, 2.24) is 0 Å². The van der Waals surface area contributed by atoms with Crippen LogP contribution in [-0.4, -0.2) is 0 Å². The number of rotatable bonds is 2. The summed E-state index contributed by atoms with van der Waals surface area (Å²) in [5, 5.41) is 0. The molecule has 64 valence electrons. The minimum atomic E-state index is 0.421. The van der Waals surface area contributed by atoms with Crippen LogP contribution in [0.15, 0.2) is 23.8 Å². The molecule has 0 saturated carbocycles. The quantitative estimate of drug-likeness (QED) is 0.526. The first-order valence-corrected chi connectivity index (χ1v) is 4.25. The van der Waals surface area contributed by atoms with Crippen LogP contribution in [0.5, 0.6) is 0 Å². The van der Waals surface area contributed by atoms with Gasteiger partial charge in [0.05, 0.1) is 0 Å². The molecule has 0 aliphatic rings. The van der Waals surface area contributed by atoms with Crippen LogP contribution in [0.2, 0.25) is 0 Å². The maximum absolute atomic E-state index is 2.25. The van der Waals surface area contributed by atoms with Crippen LogP contribution < -0.4 is 0 Å². The Bertz CT molecular complexity index is 153. The Balaban J connectivity index is 3.79. The third kappa shape index (κ3) is 7.38. The molecule has 0 aromatic heterocycles. The van der Waals surface area contributed by atoms with Crippen LogP contribution >= 0.6 is 0 Å². The number of hydrogen-bond acceptors (Lipinski definition) is 0. The fraction of sp³-hybridized carbons (Fsp3) is 0.636. The van der Waals surface area contributed by atoms with Crippen molar-refractivity contribution >= 4 is 0 Å². The molecule has 0 nitrogen and oxygen atoms in total. The van der Waals surface area contributed by atoms with Crippen LogP contribution in [0.1, 0.15) is 41.0 Å². The molecular weight excluding hydrogens is 132 g/mol. The van der Waals surface area contributed by atoms with E-state index < -0.39 is 0 Å². The lowest BCUT2D eigenvalue weighted by atomic mass is 9.92. The molecule has 0 fully saturated rings. The van der Waals surface area contributed by atoms with Crippen molar-refractivity contribution in [2.75, 3.05) is 0 Å². The van der Waals surface area contributed by atoms with Gasteiger partial charge in [0.15, 0.2) is 0 Å². The fourth-order valence-electron chi connectivity index (χ4n) is 0.695. The topological polar surface area (TPSA) is 0 Å². The SMILES string of the molecule is C/C=C(C)/C=C/CC(C)(C)C. The summed E-state index contributed by atoms with van der Waals surface area (Å²) in [5.74, 6) is 0. The molecule has 0 heteroatoms.